The molecule has 1 saturated heterocycles. The minimum atomic E-state index is 0.128. The predicted octanol–water partition coefficient (Wildman–Crippen LogP) is 3.69. The van der Waals surface area contributed by atoms with Gasteiger partial charge >= 0.3 is 0 Å². The summed E-state index contributed by atoms with van der Waals surface area (Å²) in [6.07, 6.45) is 1.77. The lowest BCUT2D eigenvalue weighted by Gasteiger charge is -2.35. The number of nitrogens with zero attached hydrogens (tertiary/aromatic N) is 6. The summed E-state index contributed by atoms with van der Waals surface area (Å²) in [6, 6.07) is 14.0. The highest BCUT2D eigenvalue weighted by atomic mass is 32.1. The number of H-pyrrole nitrogens is 1. The number of thiazole rings is 1. The van der Waals surface area contributed by atoms with Gasteiger partial charge in [0.15, 0.2) is 5.82 Å². The Hall–Kier alpha value is -3.72. The summed E-state index contributed by atoms with van der Waals surface area (Å²) >= 11 is 1.62. The van der Waals surface area contributed by atoms with E-state index in [1.807, 2.05) is 58.3 Å². The SMILES string of the molecule is Cc1cc2cccnc2n1CC(=O)N1CCN(c2scnc2-c2nc3ccccc3[nH]2)CC1. The van der Waals surface area contributed by atoms with Gasteiger partial charge in [-0.05, 0) is 37.3 Å². The number of hydrogen-bond acceptors (Lipinski definition) is 6. The predicted molar refractivity (Wildman–Crippen MR) is 130 cm³/mol. The average Bonchev–Trinajstić information content (AvgIpc) is 3.56. The van der Waals surface area contributed by atoms with Gasteiger partial charge < -0.3 is 19.4 Å². The molecule has 0 aliphatic carbocycles. The van der Waals surface area contributed by atoms with Crippen molar-refractivity contribution in [1.29, 1.82) is 0 Å². The zero-order valence-electron chi connectivity index (χ0n) is 18.2. The molecule has 8 nitrogen and oxygen atoms in total. The summed E-state index contributed by atoms with van der Waals surface area (Å²) in [6.45, 7) is 5.24. The minimum absolute atomic E-state index is 0.128. The first kappa shape index (κ1) is 19.9. The van der Waals surface area contributed by atoms with Crippen LogP contribution in [0.15, 0.2) is 54.2 Å². The number of nitrogens with one attached hydrogen (secondary N) is 1. The highest BCUT2D eigenvalue weighted by molar-refractivity contribution is 7.14. The van der Waals surface area contributed by atoms with Gasteiger partial charge in [-0.15, -0.1) is 11.3 Å². The zero-order valence-corrected chi connectivity index (χ0v) is 19.0. The monoisotopic (exact) mass is 457 g/mol. The molecule has 0 spiro atoms. The maximum Gasteiger partial charge on any atom is 0.242 e. The number of aromatic nitrogens is 5. The highest BCUT2D eigenvalue weighted by Crippen LogP contribution is 2.33. The smallest absolute Gasteiger partial charge is 0.242 e. The standard InChI is InChI=1S/C24H23N7OS/c1-16-13-17-5-4-8-25-23(17)31(16)14-20(32)29-9-11-30(12-10-29)24-21(26-15-33-24)22-27-18-6-2-3-7-19(18)28-22/h2-8,13,15H,9-12,14H2,1H3,(H,27,28). The molecule has 1 aliphatic heterocycles. The molecule has 4 aromatic heterocycles. The Morgan fingerprint density at radius 3 is 2.79 bits per heavy atom. The number of aromatic amines is 1. The van der Waals surface area contributed by atoms with Crippen molar-refractivity contribution in [2.75, 3.05) is 31.1 Å². The van der Waals surface area contributed by atoms with Gasteiger partial charge in [-0.3, -0.25) is 4.79 Å². The third-order valence-electron chi connectivity index (χ3n) is 6.24. The third-order valence-corrected chi connectivity index (χ3v) is 7.12. The Morgan fingerprint density at radius 2 is 1.94 bits per heavy atom. The number of fused-ring (bicyclic) bond motifs is 2. The first-order chi connectivity index (χ1) is 16.2. The van der Waals surface area contributed by atoms with Gasteiger partial charge in [-0.25, -0.2) is 15.0 Å². The van der Waals surface area contributed by atoms with Crippen molar-refractivity contribution in [3.05, 3.63) is 59.9 Å². The van der Waals surface area contributed by atoms with Crippen molar-refractivity contribution in [1.82, 2.24) is 29.4 Å². The second kappa shape index (κ2) is 8.00. The van der Waals surface area contributed by atoms with Crippen molar-refractivity contribution in [2.45, 2.75) is 13.5 Å². The van der Waals surface area contributed by atoms with E-state index in [0.29, 0.717) is 19.6 Å². The lowest BCUT2D eigenvalue weighted by Crippen LogP contribution is -2.49. The number of pyridine rings is 1. The van der Waals surface area contributed by atoms with Crippen molar-refractivity contribution >= 4 is 44.3 Å². The summed E-state index contributed by atoms with van der Waals surface area (Å²) in [7, 11) is 0. The van der Waals surface area contributed by atoms with Gasteiger partial charge in [-0.2, -0.15) is 0 Å². The minimum Gasteiger partial charge on any atom is -0.358 e. The topological polar surface area (TPSA) is 82.9 Å². The van der Waals surface area contributed by atoms with Crippen LogP contribution in [0.1, 0.15) is 5.69 Å². The molecule has 5 aromatic rings. The van der Waals surface area contributed by atoms with Gasteiger partial charge in [0, 0.05) is 43.5 Å². The van der Waals surface area contributed by atoms with Crippen LogP contribution in [0.25, 0.3) is 33.6 Å². The van der Waals surface area contributed by atoms with Crippen molar-refractivity contribution in [2.24, 2.45) is 0 Å². The van der Waals surface area contributed by atoms with Gasteiger partial charge in [-0.1, -0.05) is 12.1 Å². The molecule has 0 radical (unpaired) electrons. The van der Waals surface area contributed by atoms with Crippen LogP contribution in [0, 0.1) is 6.92 Å². The Labute approximate surface area is 194 Å². The Morgan fingerprint density at radius 1 is 1.09 bits per heavy atom. The fraction of sp³-hybridized carbons (Fsp3) is 0.250. The fourth-order valence-corrected chi connectivity index (χ4v) is 5.35. The molecular weight excluding hydrogens is 434 g/mol. The Kier molecular flexibility index (Phi) is 4.83. The first-order valence-electron chi connectivity index (χ1n) is 11.0. The van der Waals surface area contributed by atoms with E-state index in [1.165, 1.54) is 0 Å². The van der Waals surface area contributed by atoms with Crippen molar-refractivity contribution in [3.8, 4) is 11.5 Å². The molecular formula is C24H23N7OS. The zero-order chi connectivity index (χ0) is 22.4. The van der Waals surface area contributed by atoms with Crippen LogP contribution < -0.4 is 4.90 Å². The molecule has 1 N–H and O–H groups in total. The number of carbonyl (C=O) groups is 1. The largest absolute Gasteiger partial charge is 0.358 e. The van der Waals surface area contributed by atoms with Crippen LogP contribution in [-0.4, -0.2) is 61.5 Å². The normalized spacial score (nSPS) is 14.5. The van der Waals surface area contributed by atoms with E-state index in [2.05, 4.69) is 25.9 Å². The summed E-state index contributed by atoms with van der Waals surface area (Å²) in [5.74, 6) is 0.913. The molecule has 0 bridgehead atoms. The number of hydrogen-bond donors (Lipinski definition) is 1. The molecule has 1 aromatic carbocycles. The van der Waals surface area contributed by atoms with E-state index < -0.39 is 0 Å². The van der Waals surface area contributed by atoms with Gasteiger partial charge in [0.2, 0.25) is 5.91 Å². The van der Waals surface area contributed by atoms with E-state index in [4.69, 9.17) is 4.98 Å². The van der Waals surface area contributed by atoms with E-state index in [9.17, 15) is 4.79 Å². The molecule has 33 heavy (non-hydrogen) atoms. The molecule has 6 rings (SSSR count). The second-order valence-electron chi connectivity index (χ2n) is 8.26. The molecule has 5 heterocycles. The summed E-state index contributed by atoms with van der Waals surface area (Å²) in [5, 5.41) is 2.16. The number of para-hydroxylation sites is 2. The van der Waals surface area contributed by atoms with Crippen LogP contribution in [0.4, 0.5) is 5.00 Å². The van der Waals surface area contributed by atoms with Crippen LogP contribution in [-0.2, 0) is 11.3 Å². The average molecular weight is 458 g/mol. The number of imidazole rings is 1. The van der Waals surface area contributed by atoms with Crippen molar-refractivity contribution < 1.29 is 4.79 Å². The number of anilines is 1. The molecule has 1 fully saturated rings. The van der Waals surface area contributed by atoms with Crippen LogP contribution in [0.5, 0.6) is 0 Å². The molecule has 166 valence electrons. The number of aryl methyl sites for hydroxylation is 1. The quantitative estimate of drug-likeness (QED) is 0.445. The van der Waals surface area contributed by atoms with Gasteiger partial charge in [0.25, 0.3) is 0 Å². The Balaban J connectivity index is 1.16. The number of carbonyl (C=O) groups excluding carboxylic acids is 1. The van der Waals surface area contributed by atoms with E-state index in [0.717, 1.165) is 57.4 Å². The van der Waals surface area contributed by atoms with Gasteiger partial charge in [0.05, 0.1) is 16.5 Å². The molecule has 1 aliphatic rings. The van der Waals surface area contributed by atoms with E-state index >= 15 is 0 Å². The summed E-state index contributed by atoms with van der Waals surface area (Å²) in [4.78, 5) is 34.5. The summed E-state index contributed by atoms with van der Waals surface area (Å²) < 4.78 is 2.01. The maximum absolute atomic E-state index is 13.1. The lowest BCUT2D eigenvalue weighted by molar-refractivity contribution is -0.132. The lowest BCUT2D eigenvalue weighted by atomic mass is 10.3. The second-order valence-corrected chi connectivity index (χ2v) is 9.10. The molecule has 0 saturated carbocycles. The Bertz CT molecular complexity index is 1430. The highest BCUT2D eigenvalue weighted by Gasteiger charge is 2.26. The molecule has 1 amide bonds. The number of benzene rings is 1. The molecule has 0 atom stereocenters. The number of rotatable bonds is 4. The van der Waals surface area contributed by atoms with Crippen LogP contribution in [0.2, 0.25) is 0 Å². The van der Waals surface area contributed by atoms with Crippen molar-refractivity contribution in [3.63, 3.8) is 0 Å². The third kappa shape index (κ3) is 3.54. The first-order valence-corrected chi connectivity index (χ1v) is 11.9. The fourth-order valence-electron chi connectivity index (χ4n) is 4.50. The number of piperazine rings is 1. The summed E-state index contributed by atoms with van der Waals surface area (Å²) in [5.41, 5.74) is 6.59. The molecule has 0 unspecified atom stereocenters. The van der Waals surface area contributed by atoms with Crippen LogP contribution in [0.3, 0.4) is 0 Å². The van der Waals surface area contributed by atoms with E-state index in [-0.39, 0.29) is 5.91 Å². The van der Waals surface area contributed by atoms with Gasteiger partial charge in [0.1, 0.15) is 22.9 Å². The maximum atomic E-state index is 13.1. The molecule has 9 heteroatoms. The number of amides is 1. The van der Waals surface area contributed by atoms with Crippen LogP contribution >= 0.6 is 11.3 Å². The van der Waals surface area contributed by atoms with E-state index in [1.54, 1.807) is 17.5 Å².